The number of benzene rings is 2. The fourth-order valence-electron chi connectivity index (χ4n) is 3.53. The molecule has 0 saturated carbocycles. The van der Waals surface area contributed by atoms with Gasteiger partial charge in [-0.05, 0) is 54.2 Å². The Bertz CT molecular complexity index is 1020. The zero-order valence-corrected chi connectivity index (χ0v) is 19.7. The molecular formula is C26H32N2O4. The average Bonchev–Trinajstić information content (AvgIpc) is 2.97. The lowest BCUT2D eigenvalue weighted by Crippen LogP contribution is -2.35. The van der Waals surface area contributed by atoms with Crippen molar-refractivity contribution in [2.75, 3.05) is 25.6 Å². The molecule has 0 spiro atoms. The van der Waals surface area contributed by atoms with Crippen LogP contribution in [0.4, 0.5) is 5.69 Å². The first-order chi connectivity index (χ1) is 15.2. The first kappa shape index (κ1) is 23.4. The summed E-state index contributed by atoms with van der Waals surface area (Å²) in [6.45, 7) is 11.1. The van der Waals surface area contributed by atoms with Crippen LogP contribution in [0.2, 0.25) is 0 Å². The van der Waals surface area contributed by atoms with Gasteiger partial charge in [-0.1, -0.05) is 45.9 Å². The molecule has 1 heterocycles. The highest BCUT2D eigenvalue weighted by Crippen LogP contribution is 2.34. The molecule has 6 nitrogen and oxygen atoms in total. The third-order valence-electron chi connectivity index (χ3n) is 5.06. The molecule has 2 amide bonds. The second-order valence-electron chi connectivity index (χ2n) is 8.92. The molecule has 2 aromatic rings. The van der Waals surface area contributed by atoms with E-state index in [0.29, 0.717) is 41.6 Å². The van der Waals surface area contributed by atoms with E-state index in [1.165, 1.54) is 4.90 Å². The Morgan fingerprint density at radius 1 is 0.938 bits per heavy atom. The molecule has 1 N–H and O–H groups in total. The monoisotopic (exact) mass is 436 g/mol. The Balaban J connectivity index is 2.02. The normalized spacial score (nSPS) is 14.1. The number of methoxy groups -OCH3 is 1. The maximum absolute atomic E-state index is 13.3. The molecule has 2 aromatic carbocycles. The van der Waals surface area contributed by atoms with Crippen LogP contribution in [0, 0.1) is 18.8 Å². The fraction of sp³-hybridized carbons (Fsp3) is 0.385. The van der Waals surface area contributed by atoms with Crippen LogP contribution >= 0.6 is 0 Å². The quantitative estimate of drug-likeness (QED) is 0.567. The van der Waals surface area contributed by atoms with Crippen LogP contribution in [0.5, 0.6) is 11.5 Å². The van der Waals surface area contributed by atoms with Crippen molar-refractivity contribution in [2.24, 2.45) is 11.8 Å². The SMILES string of the molecule is COc1ccc(C)cc1NC1=C(c2ccc(OCC(C)C)cc2)C(=O)N(CC(C)C)C1=O. The van der Waals surface area contributed by atoms with E-state index in [9.17, 15) is 9.59 Å². The van der Waals surface area contributed by atoms with E-state index in [2.05, 4.69) is 19.2 Å². The van der Waals surface area contributed by atoms with Crippen LogP contribution in [0.1, 0.15) is 38.8 Å². The van der Waals surface area contributed by atoms with Gasteiger partial charge in [0, 0.05) is 6.54 Å². The summed E-state index contributed by atoms with van der Waals surface area (Å²) < 4.78 is 11.2. The number of carbonyl (C=O) groups excluding carboxylic acids is 2. The summed E-state index contributed by atoms with van der Waals surface area (Å²) in [6.07, 6.45) is 0. The Morgan fingerprint density at radius 2 is 1.62 bits per heavy atom. The number of carbonyl (C=O) groups is 2. The minimum Gasteiger partial charge on any atom is -0.495 e. The minimum atomic E-state index is -0.331. The number of anilines is 1. The van der Waals surface area contributed by atoms with Gasteiger partial charge in [-0.25, -0.2) is 0 Å². The average molecular weight is 437 g/mol. The standard InChI is InChI=1S/C26H32N2O4/c1-16(2)14-28-25(29)23(19-8-10-20(11-9-19)32-15-17(3)4)24(26(28)30)27-21-13-18(5)7-12-22(21)31-6/h7-13,16-17,27H,14-15H2,1-6H3. The van der Waals surface area contributed by atoms with Crippen LogP contribution in [0.25, 0.3) is 5.57 Å². The van der Waals surface area contributed by atoms with Crippen molar-refractivity contribution in [1.82, 2.24) is 4.90 Å². The van der Waals surface area contributed by atoms with Gasteiger partial charge in [0.2, 0.25) is 0 Å². The van der Waals surface area contributed by atoms with Crippen molar-refractivity contribution in [3.63, 3.8) is 0 Å². The van der Waals surface area contributed by atoms with E-state index < -0.39 is 0 Å². The number of amides is 2. The molecule has 0 saturated heterocycles. The zero-order chi connectivity index (χ0) is 23.4. The predicted octanol–water partition coefficient (Wildman–Crippen LogP) is 4.89. The van der Waals surface area contributed by atoms with Gasteiger partial charge in [-0.3, -0.25) is 14.5 Å². The van der Waals surface area contributed by atoms with Crippen LogP contribution < -0.4 is 14.8 Å². The van der Waals surface area contributed by atoms with Crippen molar-refractivity contribution >= 4 is 23.1 Å². The largest absolute Gasteiger partial charge is 0.495 e. The maximum Gasteiger partial charge on any atom is 0.278 e. The minimum absolute atomic E-state index is 0.156. The number of aryl methyl sites for hydroxylation is 1. The molecular weight excluding hydrogens is 404 g/mol. The van der Waals surface area contributed by atoms with Gasteiger partial charge in [0.1, 0.15) is 17.2 Å². The molecule has 0 radical (unpaired) electrons. The van der Waals surface area contributed by atoms with Crippen molar-refractivity contribution in [1.29, 1.82) is 0 Å². The first-order valence-corrected chi connectivity index (χ1v) is 11.0. The third kappa shape index (κ3) is 5.13. The molecule has 1 aliphatic heterocycles. The van der Waals surface area contributed by atoms with Crippen LogP contribution in [0.15, 0.2) is 48.2 Å². The maximum atomic E-state index is 13.3. The summed E-state index contributed by atoms with van der Waals surface area (Å²) in [5, 5.41) is 3.20. The van der Waals surface area contributed by atoms with Crippen molar-refractivity contribution in [2.45, 2.75) is 34.6 Å². The Hall–Kier alpha value is -3.28. The van der Waals surface area contributed by atoms with Crippen LogP contribution in [-0.4, -0.2) is 37.0 Å². The second-order valence-corrected chi connectivity index (χ2v) is 8.92. The van der Waals surface area contributed by atoms with E-state index in [1.54, 1.807) is 7.11 Å². The molecule has 3 rings (SSSR count). The highest BCUT2D eigenvalue weighted by Gasteiger charge is 2.39. The van der Waals surface area contributed by atoms with Gasteiger partial charge < -0.3 is 14.8 Å². The van der Waals surface area contributed by atoms with E-state index in [0.717, 1.165) is 11.3 Å². The second kappa shape index (κ2) is 9.90. The predicted molar refractivity (Wildman–Crippen MR) is 127 cm³/mol. The molecule has 0 fully saturated rings. The molecule has 32 heavy (non-hydrogen) atoms. The van der Waals surface area contributed by atoms with E-state index in [-0.39, 0.29) is 23.4 Å². The van der Waals surface area contributed by atoms with Crippen LogP contribution in [0.3, 0.4) is 0 Å². The van der Waals surface area contributed by atoms with Crippen LogP contribution in [-0.2, 0) is 9.59 Å². The number of nitrogens with zero attached hydrogens (tertiary/aromatic N) is 1. The van der Waals surface area contributed by atoms with Gasteiger partial charge in [-0.15, -0.1) is 0 Å². The number of hydrogen-bond donors (Lipinski definition) is 1. The first-order valence-electron chi connectivity index (χ1n) is 11.0. The summed E-state index contributed by atoms with van der Waals surface area (Å²) >= 11 is 0. The summed E-state index contributed by atoms with van der Waals surface area (Å²) in [5.41, 5.74) is 2.94. The highest BCUT2D eigenvalue weighted by atomic mass is 16.5. The van der Waals surface area contributed by atoms with E-state index in [4.69, 9.17) is 9.47 Å². The topological polar surface area (TPSA) is 67.9 Å². The summed E-state index contributed by atoms with van der Waals surface area (Å²) in [7, 11) is 1.58. The molecule has 0 unspecified atom stereocenters. The Labute approximate surface area is 190 Å². The van der Waals surface area contributed by atoms with Crippen molar-refractivity contribution < 1.29 is 19.1 Å². The number of ether oxygens (including phenoxy) is 2. The Morgan fingerprint density at radius 3 is 2.22 bits per heavy atom. The number of hydrogen-bond acceptors (Lipinski definition) is 5. The lowest BCUT2D eigenvalue weighted by Gasteiger charge is -2.18. The lowest BCUT2D eigenvalue weighted by atomic mass is 10.0. The molecule has 6 heteroatoms. The molecule has 170 valence electrons. The van der Waals surface area contributed by atoms with E-state index in [1.807, 2.05) is 63.2 Å². The summed E-state index contributed by atoms with van der Waals surface area (Å²) in [6, 6.07) is 13.0. The summed E-state index contributed by atoms with van der Waals surface area (Å²) in [5.74, 6) is 1.27. The molecule has 0 atom stereocenters. The molecule has 0 aromatic heterocycles. The number of rotatable bonds is 9. The van der Waals surface area contributed by atoms with Gasteiger partial charge in [-0.2, -0.15) is 0 Å². The molecule has 0 bridgehead atoms. The summed E-state index contributed by atoms with van der Waals surface area (Å²) in [4.78, 5) is 27.9. The molecule has 1 aliphatic rings. The van der Waals surface area contributed by atoms with Gasteiger partial charge in [0.25, 0.3) is 11.8 Å². The van der Waals surface area contributed by atoms with Gasteiger partial charge in [0.15, 0.2) is 0 Å². The van der Waals surface area contributed by atoms with Gasteiger partial charge >= 0.3 is 0 Å². The smallest absolute Gasteiger partial charge is 0.278 e. The lowest BCUT2D eigenvalue weighted by molar-refractivity contribution is -0.137. The highest BCUT2D eigenvalue weighted by molar-refractivity contribution is 6.36. The third-order valence-corrected chi connectivity index (χ3v) is 5.06. The Kier molecular flexibility index (Phi) is 7.23. The van der Waals surface area contributed by atoms with E-state index >= 15 is 0 Å². The van der Waals surface area contributed by atoms with Gasteiger partial charge in [0.05, 0.1) is 25.0 Å². The van der Waals surface area contributed by atoms with Crippen molar-refractivity contribution in [3.8, 4) is 11.5 Å². The van der Waals surface area contributed by atoms with Crippen molar-refractivity contribution in [3.05, 3.63) is 59.3 Å². The zero-order valence-electron chi connectivity index (χ0n) is 19.7. The number of imide groups is 1. The fourth-order valence-corrected chi connectivity index (χ4v) is 3.53. The molecule has 0 aliphatic carbocycles. The number of nitrogens with one attached hydrogen (secondary N) is 1.